The Morgan fingerprint density at radius 2 is 2.12 bits per heavy atom. The van der Waals surface area contributed by atoms with Gasteiger partial charge in [0.2, 0.25) is 0 Å². The van der Waals surface area contributed by atoms with Gasteiger partial charge in [-0.2, -0.15) is 8.78 Å². The molecule has 0 saturated carbocycles. The summed E-state index contributed by atoms with van der Waals surface area (Å²) in [4.78, 5) is 0. The van der Waals surface area contributed by atoms with Gasteiger partial charge in [-0.05, 0) is 6.42 Å². The second-order valence-electron chi connectivity index (χ2n) is 1.26. The lowest BCUT2D eigenvalue weighted by molar-refractivity contribution is -0.227. The van der Waals surface area contributed by atoms with Gasteiger partial charge in [-0.3, -0.25) is 4.74 Å². The maximum absolute atomic E-state index is 11.1. The first-order chi connectivity index (χ1) is 3.66. The third-order valence-corrected chi connectivity index (χ3v) is 0.609. The Hall–Kier alpha value is -0.220. The van der Waals surface area contributed by atoms with Gasteiger partial charge in [0.1, 0.15) is 0 Å². The summed E-state index contributed by atoms with van der Waals surface area (Å²) < 4.78 is 25.8. The average Bonchev–Trinajstić information content (AvgIpc) is 1.65. The molecule has 0 radical (unpaired) electrons. The molecular formula is C4H8F2O2. The molecule has 50 valence electrons. The van der Waals surface area contributed by atoms with Crippen LogP contribution in [0, 0.1) is 0 Å². The molecule has 0 fully saturated rings. The summed E-state index contributed by atoms with van der Waals surface area (Å²) >= 11 is 0. The van der Waals surface area contributed by atoms with Crippen molar-refractivity contribution in [2.75, 3.05) is 0 Å². The van der Waals surface area contributed by atoms with Gasteiger partial charge in [-0.15, -0.1) is 0 Å². The molecule has 0 spiro atoms. The number of aliphatic hydroxyl groups is 1. The molecule has 0 aromatic heterocycles. The van der Waals surface area contributed by atoms with E-state index in [4.69, 9.17) is 5.11 Å². The van der Waals surface area contributed by atoms with Gasteiger partial charge in [0.05, 0.1) is 0 Å². The van der Waals surface area contributed by atoms with Crippen molar-refractivity contribution >= 4 is 0 Å². The fourth-order valence-corrected chi connectivity index (χ4v) is 0.215. The highest BCUT2D eigenvalue weighted by atomic mass is 19.3. The van der Waals surface area contributed by atoms with Crippen LogP contribution in [-0.2, 0) is 4.74 Å². The van der Waals surface area contributed by atoms with E-state index in [1.807, 2.05) is 0 Å². The molecule has 0 aliphatic heterocycles. The second kappa shape index (κ2) is 3.74. The van der Waals surface area contributed by atoms with Crippen molar-refractivity contribution in [3.8, 4) is 0 Å². The lowest BCUT2D eigenvalue weighted by atomic mass is 10.5. The largest absolute Gasteiger partial charge is 0.368 e. The summed E-state index contributed by atoms with van der Waals surface area (Å²) in [5.41, 5.74) is 0. The van der Waals surface area contributed by atoms with Gasteiger partial charge in [-0.25, -0.2) is 0 Å². The zero-order valence-electron chi connectivity index (χ0n) is 4.47. The van der Waals surface area contributed by atoms with Crippen LogP contribution in [0.2, 0.25) is 0 Å². The molecule has 0 bridgehead atoms. The highest BCUT2D eigenvalue weighted by Crippen LogP contribution is 2.00. The smallest absolute Gasteiger partial charge is 0.347 e. The quantitative estimate of drug-likeness (QED) is 0.570. The van der Waals surface area contributed by atoms with E-state index >= 15 is 0 Å². The molecule has 0 aliphatic carbocycles. The van der Waals surface area contributed by atoms with Gasteiger partial charge < -0.3 is 5.11 Å². The average molecular weight is 126 g/mol. The monoisotopic (exact) mass is 126 g/mol. The molecule has 2 nitrogen and oxygen atoms in total. The first-order valence-corrected chi connectivity index (χ1v) is 2.28. The number of hydrogen-bond donors (Lipinski definition) is 1. The summed E-state index contributed by atoms with van der Waals surface area (Å²) in [6.45, 7) is -1.32. The van der Waals surface area contributed by atoms with Crippen LogP contribution in [0.15, 0.2) is 0 Å². The lowest BCUT2D eigenvalue weighted by Crippen LogP contribution is -2.13. The molecule has 4 heteroatoms. The topological polar surface area (TPSA) is 29.5 Å². The number of aliphatic hydroxyl groups excluding tert-OH is 1. The Kier molecular flexibility index (Phi) is 3.64. The Balaban J connectivity index is 3.10. The van der Waals surface area contributed by atoms with Gasteiger partial charge in [-0.1, -0.05) is 6.92 Å². The highest BCUT2D eigenvalue weighted by molar-refractivity contribution is 4.30. The van der Waals surface area contributed by atoms with Crippen LogP contribution in [0.3, 0.4) is 0 Å². The molecule has 0 aliphatic rings. The first-order valence-electron chi connectivity index (χ1n) is 2.28. The zero-order chi connectivity index (χ0) is 6.57. The predicted molar refractivity (Wildman–Crippen MR) is 23.4 cm³/mol. The minimum atomic E-state index is -2.87. The highest BCUT2D eigenvalue weighted by Gasteiger charge is 2.07. The summed E-state index contributed by atoms with van der Waals surface area (Å²) in [5, 5.41) is 8.33. The minimum Gasteiger partial charge on any atom is -0.368 e. The van der Waals surface area contributed by atoms with E-state index < -0.39 is 12.9 Å². The van der Waals surface area contributed by atoms with E-state index in [0.29, 0.717) is 0 Å². The summed E-state index contributed by atoms with van der Waals surface area (Å²) in [6, 6.07) is 0. The van der Waals surface area contributed by atoms with Crippen LogP contribution in [0.4, 0.5) is 8.78 Å². The van der Waals surface area contributed by atoms with Gasteiger partial charge in [0.15, 0.2) is 6.29 Å². The Morgan fingerprint density at radius 1 is 1.62 bits per heavy atom. The SMILES string of the molecule is CCC(O)OC(F)F. The lowest BCUT2D eigenvalue weighted by Gasteiger charge is -2.06. The number of rotatable bonds is 3. The third kappa shape index (κ3) is 3.95. The molecule has 0 amide bonds. The Morgan fingerprint density at radius 3 is 2.25 bits per heavy atom. The van der Waals surface area contributed by atoms with E-state index in [1.165, 1.54) is 0 Å². The normalized spacial score (nSPS) is 14.6. The number of halogens is 2. The molecule has 0 heterocycles. The number of hydrogen-bond acceptors (Lipinski definition) is 2. The van der Waals surface area contributed by atoms with Crippen LogP contribution < -0.4 is 0 Å². The summed E-state index contributed by atoms with van der Waals surface area (Å²) in [5.74, 6) is 0. The van der Waals surface area contributed by atoms with Crippen molar-refractivity contribution in [3.63, 3.8) is 0 Å². The van der Waals surface area contributed by atoms with Crippen LogP contribution in [-0.4, -0.2) is 18.0 Å². The van der Waals surface area contributed by atoms with E-state index in [9.17, 15) is 8.78 Å². The van der Waals surface area contributed by atoms with Crippen LogP contribution in [0.1, 0.15) is 13.3 Å². The van der Waals surface area contributed by atoms with Gasteiger partial charge >= 0.3 is 6.61 Å². The van der Waals surface area contributed by atoms with Crippen molar-refractivity contribution in [2.24, 2.45) is 0 Å². The summed E-state index contributed by atoms with van der Waals surface area (Å²) in [6.07, 6.45) is -1.14. The van der Waals surface area contributed by atoms with E-state index in [1.54, 1.807) is 6.92 Å². The fourth-order valence-electron chi connectivity index (χ4n) is 0.215. The maximum Gasteiger partial charge on any atom is 0.347 e. The molecule has 0 aromatic rings. The predicted octanol–water partition coefficient (Wildman–Crippen LogP) is 0.954. The molecule has 0 aromatic carbocycles. The van der Waals surface area contributed by atoms with E-state index in [0.717, 1.165) is 0 Å². The number of ether oxygens (including phenoxy) is 1. The molecule has 8 heavy (non-hydrogen) atoms. The maximum atomic E-state index is 11.1. The minimum absolute atomic E-state index is 0.185. The van der Waals surface area contributed by atoms with Crippen molar-refractivity contribution < 1.29 is 18.6 Å². The van der Waals surface area contributed by atoms with Crippen molar-refractivity contribution in [3.05, 3.63) is 0 Å². The fraction of sp³-hybridized carbons (Fsp3) is 1.00. The zero-order valence-corrected chi connectivity index (χ0v) is 4.47. The first kappa shape index (κ1) is 7.78. The Bertz CT molecular complexity index is 58.0. The van der Waals surface area contributed by atoms with Crippen LogP contribution >= 0.6 is 0 Å². The van der Waals surface area contributed by atoms with Gasteiger partial charge in [0.25, 0.3) is 0 Å². The van der Waals surface area contributed by atoms with Crippen molar-refractivity contribution in [1.82, 2.24) is 0 Å². The Labute approximate surface area is 46.1 Å². The van der Waals surface area contributed by atoms with E-state index in [-0.39, 0.29) is 6.42 Å². The summed E-state index contributed by atoms with van der Waals surface area (Å²) in [7, 11) is 0. The standard InChI is InChI=1S/C4H8F2O2/c1-2-3(7)8-4(5)6/h3-4,7H,2H2,1H3. The van der Waals surface area contributed by atoms with E-state index in [2.05, 4.69) is 4.74 Å². The van der Waals surface area contributed by atoms with Crippen LogP contribution in [0.25, 0.3) is 0 Å². The molecule has 0 rings (SSSR count). The molecular weight excluding hydrogens is 118 g/mol. The molecule has 1 unspecified atom stereocenters. The molecule has 1 atom stereocenters. The van der Waals surface area contributed by atoms with Crippen LogP contribution in [0.5, 0.6) is 0 Å². The van der Waals surface area contributed by atoms with Gasteiger partial charge in [0, 0.05) is 0 Å². The molecule has 1 N–H and O–H groups in total. The third-order valence-electron chi connectivity index (χ3n) is 0.609. The van der Waals surface area contributed by atoms with Crippen molar-refractivity contribution in [1.29, 1.82) is 0 Å². The number of alkyl halides is 2. The van der Waals surface area contributed by atoms with Crippen molar-refractivity contribution in [2.45, 2.75) is 26.2 Å². The second-order valence-corrected chi connectivity index (χ2v) is 1.26. The molecule has 0 saturated heterocycles.